The summed E-state index contributed by atoms with van der Waals surface area (Å²) >= 11 is 0. The number of hydrogen-bond acceptors (Lipinski definition) is 4. The summed E-state index contributed by atoms with van der Waals surface area (Å²) < 4.78 is 9.46. The van der Waals surface area contributed by atoms with Crippen molar-refractivity contribution >= 4 is 6.16 Å². The summed E-state index contributed by atoms with van der Waals surface area (Å²) in [6.45, 7) is 7.19. The van der Waals surface area contributed by atoms with Crippen LogP contribution in [-0.4, -0.2) is 30.9 Å². The Balaban J connectivity index is 2.20. The molecule has 1 heterocycles. The molecule has 0 aliphatic carbocycles. The van der Waals surface area contributed by atoms with Gasteiger partial charge in [0.1, 0.15) is 6.61 Å². The fraction of sp³-hybridized carbons (Fsp3) is 0.875. The van der Waals surface area contributed by atoms with Crippen LogP contribution in [0, 0.1) is 0 Å². The van der Waals surface area contributed by atoms with Gasteiger partial charge in [0.05, 0.1) is 0 Å². The lowest BCUT2D eigenvalue weighted by molar-refractivity contribution is 0.116. The third-order valence-corrected chi connectivity index (χ3v) is 1.51. The van der Waals surface area contributed by atoms with Crippen molar-refractivity contribution in [3.05, 3.63) is 0 Å². The van der Waals surface area contributed by atoms with Crippen LogP contribution in [0.25, 0.3) is 0 Å². The Kier molecular flexibility index (Phi) is 2.57. The quantitative estimate of drug-likeness (QED) is 0.630. The van der Waals surface area contributed by atoms with Gasteiger partial charge in [-0.15, -0.1) is 0 Å². The summed E-state index contributed by atoms with van der Waals surface area (Å²) in [6, 6.07) is 0. The first-order valence-corrected chi connectivity index (χ1v) is 4.06. The fourth-order valence-electron chi connectivity index (χ4n) is 0.886. The van der Waals surface area contributed by atoms with E-state index in [0.29, 0.717) is 13.2 Å². The van der Waals surface area contributed by atoms with Crippen molar-refractivity contribution in [2.24, 2.45) is 0 Å². The van der Waals surface area contributed by atoms with E-state index in [1.807, 2.05) is 0 Å². The van der Waals surface area contributed by atoms with Gasteiger partial charge in [-0.3, -0.25) is 0 Å². The molecule has 4 heteroatoms. The smallest absolute Gasteiger partial charge is 0.430 e. The lowest BCUT2D eigenvalue weighted by atomic mass is 10.1. The van der Waals surface area contributed by atoms with E-state index in [1.165, 1.54) is 0 Å². The van der Waals surface area contributed by atoms with E-state index in [0.717, 1.165) is 0 Å². The van der Waals surface area contributed by atoms with Gasteiger partial charge in [-0.2, -0.15) is 0 Å². The molecule has 1 rings (SSSR count). The summed E-state index contributed by atoms with van der Waals surface area (Å²) in [5.41, 5.74) is 0.0506. The van der Waals surface area contributed by atoms with E-state index in [1.54, 1.807) is 0 Å². The minimum Gasteiger partial charge on any atom is -0.430 e. The summed E-state index contributed by atoms with van der Waals surface area (Å²) in [7, 11) is 0. The normalized spacial score (nSPS) is 23.6. The highest BCUT2D eigenvalue weighted by Gasteiger charge is 2.25. The van der Waals surface area contributed by atoms with Gasteiger partial charge < -0.3 is 14.8 Å². The molecule has 0 bridgehead atoms. The molecule has 0 aromatic rings. The van der Waals surface area contributed by atoms with Gasteiger partial charge in [0.25, 0.3) is 0 Å². The van der Waals surface area contributed by atoms with Gasteiger partial charge >= 0.3 is 6.16 Å². The highest BCUT2D eigenvalue weighted by molar-refractivity contribution is 5.61. The number of nitrogens with one attached hydrogen (secondary N) is 1. The van der Waals surface area contributed by atoms with Crippen LogP contribution in [0.4, 0.5) is 4.79 Å². The minimum atomic E-state index is -0.560. The molecule has 1 N–H and O–H groups in total. The number of carbonyl (C=O) groups excluding carboxylic acids is 1. The van der Waals surface area contributed by atoms with E-state index in [-0.39, 0.29) is 11.6 Å². The van der Waals surface area contributed by atoms with Crippen molar-refractivity contribution in [1.82, 2.24) is 5.32 Å². The second kappa shape index (κ2) is 3.31. The first kappa shape index (κ1) is 9.32. The molecule has 1 aliphatic heterocycles. The third-order valence-electron chi connectivity index (χ3n) is 1.51. The maximum absolute atomic E-state index is 10.5. The van der Waals surface area contributed by atoms with E-state index in [2.05, 4.69) is 30.8 Å². The Morgan fingerprint density at radius 1 is 1.58 bits per heavy atom. The average molecular weight is 173 g/mol. The summed E-state index contributed by atoms with van der Waals surface area (Å²) in [5, 5.41) is 3.23. The largest absolute Gasteiger partial charge is 0.508 e. The molecule has 0 aromatic heterocycles. The Bertz CT molecular complexity index is 174. The second-order valence-electron chi connectivity index (χ2n) is 3.93. The van der Waals surface area contributed by atoms with Gasteiger partial charge in [-0.05, 0) is 20.8 Å². The Labute approximate surface area is 72.2 Å². The molecule has 12 heavy (non-hydrogen) atoms. The molecule has 0 amide bonds. The third kappa shape index (κ3) is 3.09. The molecular formula is C8H15NO3. The first-order chi connectivity index (χ1) is 5.47. The molecule has 1 saturated heterocycles. The lowest BCUT2D eigenvalue weighted by Crippen LogP contribution is -2.41. The molecule has 0 aromatic carbocycles. The van der Waals surface area contributed by atoms with Crippen LogP contribution in [0.3, 0.4) is 0 Å². The van der Waals surface area contributed by atoms with Crippen LogP contribution in [0.15, 0.2) is 0 Å². The van der Waals surface area contributed by atoms with Crippen LogP contribution in [-0.2, 0) is 9.47 Å². The summed E-state index contributed by atoms with van der Waals surface area (Å²) in [6.07, 6.45) is -0.688. The number of carbonyl (C=O) groups is 1. The Morgan fingerprint density at radius 2 is 2.25 bits per heavy atom. The van der Waals surface area contributed by atoms with Gasteiger partial charge in [0.2, 0.25) is 0 Å². The molecule has 0 radical (unpaired) electrons. The molecule has 1 fully saturated rings. The molecule has 1 aliphatic rings. The van der Waals surface area contributed by atoms with Crippen LogP contribution >= 0.6 is 0 Å². The summed E-state index contributed by atoms with van der Waals surface area (Å²) in [5.74, 6) is 0. The number of ether oxygens (including phenoxy) is 2. The monoisotopic (exact) mass is 173 g/mol. The van der Waals surface area contributed by atoms with Crippen LogP contribution < -0.4 is 5.32 Å². The Hall–Kier alpha value is -0.770. The van der Waals surface area contributed by atoms with Crippen LogP contribution in [0.2, 0.25) is 0 Å². The van der Waals surface area contributed by atoms with Gasteiger partial charge in [0.15, 0.2) is 6.10 Å². The van der Waals surface area contributed by atoms with Crippen molar-refractivity contribution in [3.8, 4) is 0 Å². The molecule has 1 unspecified atom stereocenters. The fourth-order valence-corrected chi connectivity index (χ4v) is 0.886. The second-order valence-corrected chi connectivity index (χ2v) is 3.93. The Morgan fingerprint density at radius 3 is 2.67 bits per heavy atom. The highest BCUT2D eigenvalue weighted by atomic mass is 16.8. The predicted octanol–water partition coefficient (Wildman–Crippen LogP) is 0.910. The van der Waals surface area contributed by atoms with E-state index in [9.17, 15) is 4.79 Å². The SMILES string of the molecule is CC(C)(C)NCC1COC(=O)O1. The molecular weight excluding hydrogens is 158 g/mol. The lowest BCUT2D eigenvalue weighted by Gasteiger charge is -2.21. The maximum atomic E-state index is 10.5. The zero-order chi connectivity index (χ0) is 9.19. The number of cyclic esters (lactones) is 2. The van der Waals surface area contributed by atoms with E-state index in [4.69, 9.17) is 4.74 Å². The van der Waals surface area contributed by atoms with Gasteiger partial charge in [0, 0.05) is 12.1 Å². The van der Waals surface area contributed by atoms with Crippen molar-refractivity contribution in [1.29, 1.82) is 0 Å². The topological polar surface area (TPSA) is 47.6 Å². The van der Waals surface area contributed by atoms with Gasteiger partial charge in [-0.25, -0.2) is 4.79 Å². The van der Waals surface area contributed by atoms with Crippen LogP contribution in [0.1, 0.15) is 20.8 Å². The zero-order valence-electron chi connectivity index (χ0n) is 7.72. The average Bonchev–Trinajstić information content (AvgIpc) is 2.30. The highest BCUT2D eigenvalue weighted by Crippen LogP contribution is 2.06. The summed E-state index contributed by atoms with van der Waals surface area (Å²) in [4.78, 5) is 10.5. The predicted molar refractivity (Wildman–Crippen MR) is 44.0 cm³/mol. The van der Waals surface area contributed by atoms with Crippen molar-refractivity contribution in [2.75, 3.05) is 13.2 Å². The molecule has 4 nitrogen and oxygen atoms in total. The van der Waals surface area contributed by atoms with Crippen molar-refractivity contribution in [2.45, 2.75) is 32.4 Å². The molecule has 70 valence electrons. The maximum Gasteiger partial charge on any atom is 0.508 e. The molecule has 0 spiro atoms. The van der Waals surface area contributed by atoms with E-state index < -0.39 is 6.16 Å². The van der Waals surface area contributed by atoms with E-state index >= 15 is 0 Å². The number of hydrogen-bond donors (Lipinski definition) is 1. The van der Waals surface area contributed by atoms with Crippen molar-refractivity contribution < 1.29 is 14.3 Å². The number of rotatable bonds is 2. The molecule has 0 saturated carbocycles. The molecule has 1 atom stereocenters. The standard InChI is InChI=1S/C8H15NO3/c1-8(2,3)9-4-6-5-11-7(10)12-6/h6,9H,4-5H2,1-3H3. The minimum absolute atomic E-state index is 0.0506. The zero-order valence-corrected chi connectivity index (χ0v) is 7.72. The van der Waals surface area contributed by atoms with Gasteiger partial charge in [-0.1, -0.05) is 0 Å². The first-order valence-electron chi connectivity index (χ1n) is 4.06. The van der Waals surface area contributed by atoms with Crippen LogP contribution in [0.5, 0.6) is 0 Å². The van der Waals surface area contributed by atoms with Crippen molar-refractivity contribution in [3.63, 3.8) is 0 Å².